The van der Waals surface area contributed by atoms with Gasteiger partial charge in [0, 0.05) is 62.3 Å². The monoisotopic (exact) mass is 499 g/mol. The number of aromatic amines is 1. The highest BCUT2D eigenvalue weighted by Gasteiger charge is 2.41. The fourth-order valence-corrected chi connectivity index (χ4v) is 4.63. The quantitative estimate of drug-likeness (QED) is 0.403. The smallest absolute Gasteiger partial charge is 0.407 e. The molecule has 5 rings (SSSR count). The molecule has 0 spiro atoms. The first-order chi connectivity index (χ1) is 17.4. The van der Waals surface area contributed by atoms with Crippen LogP contribution in [0.1, 0.15) is 48.8 Å². The number of carbonyl (C=O) groups is 2. The molecule has 1 saturated carbocycles. The van der Waals surface area contributed by atoms with Gasteiger partial charge in [-0.15, -0.1) is 0 Å². The standard InChI is InChI=1S/C23H30FN9O3/c1-13(2)27-23(35)36-17-4-3-14(20(17)24)15-11-18(31-30-15)29-22-26-6-5-19-28-16(12-33(19)22)21(34)32-9-7-25-8-10-32/h5-6,11-14,17,20,25H,3-4,7-10H2,1-2H3,(H,27,35)(H2,26,29,30,31)/t14-,17-,20+/m1/s1. The molecule has 36 heavy (non-hydrogen) atoms. The molecule has 1 saturated heterocycles. The van der Waals surface area contributed by atoms with E-state index in [2.05, 4.69) is 36.1 Å². The van der Waals surface area contributed by atoms with Crippen molar-refractivity contribution in [2.45, 2.75) is 50.9 Å². The van der Waals surface area contributed by atoms with Crippen LogP contribution < -0.4 is 16.0 Å². The molecule has 1 aliphatic carbocycles. The van der Waals surface area contributed by atoms with Crippen molar-refractivity contribution in [2.75, 3.05) is 31.5 Å². The molecule has 3 aromatic rings. The van der Waals surface area contributed by atoms with E-state index >= 15 is 4.39 Å². The Bertz CT molecular complexity index is 1240. The Labute approximate surface area is 207 Å². The number of amides is 2. The molecule has 2 fully saturated rings. The molecule has 192 valence electrons. The highest BCUT2D eigenvalue weighted by molar-refractivity contribution is 5.93. The van der Waals surface area contributed by atoms with Gasteiger partial charge >= 0.3 is 6.09 Å². The molecule has 2 amide bonds. The first-order valence-corrected chi connectivity index (χ1v) is 12.2. The lowest BCUT2D eigenvalue weighted by Crippen LogP contribution is -2.46. The molecular weight excluding hydrogens is 469 g/mol. The third kappa shape index (κ3) is 4.96. The molecule has 4 N–H and O–H groups in total. The molecule has 0 unspecified atom stereocenters. The van der Waals surface area contributed by atoms with Gasteiger partial charge < -0.3 is 25.6 Å². The molecule has 0 aromatic carbocycles. The number of carbonyl (C=O) groups excluding carboxylic acids is 2. The van der Waals surface area contributed by atoms with Crippen LogP contribution in [0.2, 0.25) is 0 Å². The summed E-state index contributed by atoms with van der Waals surface area (Å²) >= 11 is 0. The molecule has 1 aliphatic heterocycles. The summed E-state index contributed by atoms with van der Waals surface area (Å²) in [5, 5.41) is 16.1. The minimum absolute atomic E-state index is 0.0844. The topological polar surface area (TPSA) is 142 Å². The highest BCUT2D eigenvalue weighted by Crippen LogP contribution is 2.38. The van der Waals surface area contributed by atoms with Gasteiger partial charge in [-0.25, -0.2) is 19.2 Å². The van der Waals surface area contributed by atoms with E-state index in [-0.39, 0.29) is 11.9 Å². The van der Waals surface area contributed by atoms with Crippen molar-refractivity contribution in [2.24, 2.45) is 0 Å². The van der Waals surface area contributed by atoms with Crippen LogP contribution in [-0.4, -0.2) is 86.0 Å². The van der Waals surface area contributed by atoms with E-state index in [1.807, 2.05) is 13.8 Å². The lowest BCUT2D eigenvalue weighted by atomic mass is 10.0. The Morgan fingerprint density at radius 3 is 2.83 bits per heavy atom. The first-order valence-electron chi connectivity index (χ1n) is 12.2. The number of rotatable bonds is 6. The fourth-order valence-electron chi connectivity index (χ4n) is 4.63. The fraction of sp³-hybridized carbons (Fsp3) is 0.522. The van der Waals surface area contributed by atoms with Crippen molar-refractivity contribution in [1.29, 1.82) is 0 Å². The molecule has 12 nitrogen and oxygen atoms in total. The second kappa shape index (κ2) is 10.1. The Balaban J connectivity index is 1.27. The van der Waals surface area contributed by atoms with E-state index in [0.717, 1.165) is 13.1 Å². The molecule has 3 atom stereocenters. The molecule has 0 radical (unpaired) electrons. The van der Waals surface area contributed by atoms with Crippen molar-refractivity contribution in [3.05, 3.63) is 35.9 Å². The number of aromatic nitrogens is 5. The largest absolute Gasteiger partial charge is 0.443 e. The van der Waals surface area contributed by atoms with Crippen molar-refractivity contribution in [1.82, 2.24) is 40.1 Å². The average Bonchev–Trinajstić information content (AvgIpc) is 3.58. The predicted molar refractivity (Wildman–Crippen MR) is 129 cm³/mol. The number of piperazine rings is 1. The van der Waals surface area contributed by atoms with Crippen molar-refractivity contribution in [3.8, 4) is 0 Å². The molecular formula is C23H30FN9O3. The van der Waals surface area contributed by atoms with Crippen molar-refractivity contribution >= 4 is 29.4 Å². The number of imidazole rings is 1. The number of fused-ring (bicyclic) bond motifs is 1. The number of alkyl halides is 1. The minimum atomic E-state index is -1.34. The lowest BCUT2D eigenvalue weighted by molar-refractivity contribution is 0.0555. The number of H-pyrrole nitrogens is 1. The summed E-state index contributed by atoms with van der Waals surface area (Å²) in [6.45, 7) is 6.42. The number of alkyl carbamates (subject to hydrolysis) is 1. The summed E-state index contributed by atoms with van der Waals surface area (Å²) in [4.78, 5) is 35.3. The summed E-state index contributed by atoms with van der Waals surface area (Å²) < 4.78 is 22.0. The number of ether oxygens (including phenoxy) is 1. The van der Waals surface area contributed by atoms with E-state index in [4.69, 9.17) is 4.74 Å². The van der Waals surface area contributed by atoms with Crippen LogP contribution in [-0.2, 0) is 4.74 Å². The van der Waals surface area contributed by atoms with Crippen LogP contribution in [0.15, 0.2) is 24.5 Å². The van der Waals surface area contributed by atoms with Crippen molar-refractivity contribution < 1.29 is 18.7 Å². The maximum Gasteiger partial charge on any atom is 0.407 e. The number of hydrogen-bond donors (Lipinski definition) is 4. The van der Waals surface area contributed by atoms with Crippen LogP contribution in [0.5, 0.6) is 0 Å². The summed E-state index contributed by atoms with van der Waals surface area (Å²) in [6.07, 6.45) is 1.44. The molecule has 2 aliphatic rings. The second-order valence-corrected chi connectivity index (χ2v) is 9.37. The average molecular weight is 500 g/mol. The molecule has 4 heterocycles. The normalized spacial score (nSPS) is 22.2. The third-order valence-electron chi connectivity index (χ3n) is 6.41. The first kappa shape index (κ1) is 24.0. The maximum atomic E-state index is 15.1. The summed E-state index contributed by atoms with van der Waals surface area (Å²) in [5.74, 6) is 0.280. The number of hydrogen-bond acceptors (Lipinski definition) is 8. The van der Waals surface area contributed by atoms with E-state index < -0.39 is 24.3 Å². The van der Waals surface area contributed by atoms with E-state index in [1.54, 1.807) is 33.8 Å². The number of nitrogens with one attached hydrogen (secondary N) is 4. The lowest BCUT2D eigenvalue weighted by Gasteiger charge is -2.26. The van der Waals surface area contributed by atoms with Crippen LogP contribution in [0, 0.1) is 0 Å². The zero-order valence-corrected chi connectivity index (χ0v) is 20.2. The van der Waals surface area contributed by atoms with Gasteiger partial charge in [0.05, 0.1) is 0 Å². The maximum absolute atomic E-state index is 15.1. The number of halogens is 1. The minimum Gasteiger partial charge on any atom is -0.443 e. The summed E-state index contributed by atoms with van der Waals surface area (Å²) in [5.41, 5.74) is 1.52. The molecule has 3 aromatic heterocycles. The van der Waals surface area contributed by atoms with Crippen LogP contribution in [0.25, 0.3) is 5.65 Å². The number of anilines is 2. The Kier molecular flexibility index (Phi) is 6.72. The summed E-state index contributed by atoms with van der Waals surface area (Å²) in [7, 11) is 0. The zero-order chi connectivity index (χ0) is 25.2. The predicted octanol–water partition coefficient (Wildman–Crippen LogP) is 1.96. The van der Waals surface area contributed by atoms with Crippen LogP contribution in [0.4, 0.5) is 21.0 Å². The Morgan fingerprint density at radius 1 is 1.25 bits per heavy atom. The second-order valence-electron chi connectivity index (χ2n) is 9.37. The zero-order valence-electron chi connectivity index (χ0n) is 20.2. The van der Waals surface area contributed by atoms with E-state index in [0.29, 0.717) is 54.7 Å². The van der Waals surface area contributed by atoms with Gasteiger partial charge in [-0.3, -0.25) is 14.3 Å². The van der Waals surface area contributed by atoms with Gasteiger partial charge in [0.25, 0.3) is 5.91 Å². The third-order valence-corrected chi connectivity index (χ3v) is 6.41. The Hall–Kier alpha value is -3.74. The SMILES string of the molecule is CC(C)NC(=O)O[C@@H]1CC[C@H](c2cc(Nc3nccc4nc(C(=O)N5CCNCC5)cn34)n[nH]2)[C@@H]1F. The van der Waals surface area contributed by atoms with E-state index in [9.17, 15) is 9.59 Å². The van der Waals surface area contributed by atoms with Gasteiger partial charge in [-0.05, 0) is 32.8 Å². The van der Waals surface area contributed by atoms with Gasteiger partial charge in [-0.1, -0.05) is 0 Å². The number of nitrogens with zero attached hydrogens (tertiary/aromatic N) is 5. The Morgan fingerprint density at radius 2 is 2.06 bits per heavy atom. The van der Waals surface area contributed by atoms with E-state index in [1.165, 1.54) is 0 Å². The van der Waals surface area contributed by atoms with Gasteiger partial charge in [0.15, 0.2) is 5.82 Å². The highest BCUT2D eigenvalue weighted by atomic mass is 19.1. The molecule has 0 bridgehead atoms. The van der Waals surface area contributed by atoms with Gasteiger partial charge in [0.2, 0.25) is 5.95 Å². The van der Waals surface area contributed by atoms with Crippen LogP contribution in [0.3, 0.4) is 0 Å². The van der Waals surface area contributed by atoms with Gasteiger partial charge in [0.1, 0.15) is 23.6 Å². The van der Waals surface area contributed by atoms with Crippen molar-refractivity contribution in [3.63, 3.8) is 0 Å². The van der Waals surface area contributed by atoms with Gasteiger partial charge in [-0.2, -0.15) is 5.10 Å². The van der Waals surface area contributed by atoms with Crippen LogP contribution >= 0.6 is 0 Å². The summed E-state index contributed by atoms with van der Waals surface area (Å²) in [6, 6.07) is 3.36. The molecule has 13 heteroatoms.